The zero-order valence-electron chi connectivity index (χ0n) is 12.1. The molecule has 6 nitrogen and oxygen atoms in total. The molecule has 0 saturated heterocycles. The summed E-state index contributed by atoms with van der Waals surface area (Å²) in [5.74, 6) is 0.105. The van der Waals surface area contributed by atoms with Crippen LogP contribution in [-0.2, 0) is 16.0 Å². The quantitative estimate of drug-likeness (QED) is 0.642. The van der Waals surface area contributed by atoms with Gasteiger partial charge in [0, 0.05) is 0 Å². The van der Waals surface area contributed by atoms with Crippen LogP contribution in [0.15, 0.2) is 24.3 Å². The Labute approximate surface area is 124 Å². The summed E-state index contributed by atoms with van der Waals surface area (Å²) in [6.07, 6.45) is 0.701. The maximum atomic E-state index is 11.7. The number of aryl methyl sites for hydroxylation is 1. The first kappa shape index (κ1) is 17.1. The van der Waals surface area contributed by atoms with Crippen LogP contribution in [0.3, 0.4) is 0 Å². The first-order valence-electron chi connectivity index (χ1n) is 6.80. The van der Waals surface area contributed by atoms with Crippen LogP contribution < -0.4 is 4.74 Å². The summed E-state index contributed by atoms with van der Waals surface area (Å²) in [6.45, 7) is -0.416. The third kappa shape index (κ3) is 5.53. The first-order chi connectivity index (χ1) is 10.1. The molecule has 1 atom stereocenters. The van der Waals surface area contributed by atoms with Crippen molar-refractivity contribution in [2.24, 2.45) is 0 Å². The fourth-order valence-corrected chi connectivity index (χ4v) is 1.93. The molecule has 6 heteroatoms. The van der Waals surface area contributed by atoms with Crippen LogP contribution in [0.2, 0.25) is 0 Å². The van der Waals surface area contributed by atoms with Crippen molar-refractivity contribution in [1.82, 2.24) is 4.90 Å². The van der Waals surface area contributed by atoms with Gasteiger partial charge in [0.25, 0.3) is 5.91 Å². The largest absolute Gasteiger partial charge is 0.497 e. The average Bonchev–Trinajstić information content (AvgIpc) is 2.52. The highest BCUT2D eigenvalue weighted by Crippen LogP contribution is 2.14. The molecule has 116 valence electrons. The number of benzene rings is 1. The van der Waals surface area contributed by atoms with Gasteiger partial charge in [-0.05, 0) is 37.0 Å². The van der Waals surface area contributed by atoms with Crippen molar-refractivity contribution in [3.63, 3.8) is 0 Å². The summed E-state index contributed by atoms with van der Waals surface area (Å²) >= 11 is 0. The molecule has 0 aliphatic heterocycles. The maximum Gasteiger partial charge on any atom is 0.257 e. The normalized spacial score (nSPS) is 11.8. The molecule has 2 amide bonds. The van der Waals surface area contributed by atoms with Crippen molar-refractivity contribution < 1.29 is 24.5 Å². The molecule has 0 fully saturated rings. The number of rotatable bonds is 9. The molecule has 1 unspecified atom stereocenters. The number of imide groups is 1. The van der Waals surface area contributed by atoms with Crippen molar-refractivity contribution in [2.75, 3.05) is 20.3 Å². The smallest absolute Gasteiger partial charge is 0.257 e. The molecule has 1 rings (SSSR count). The summed E-state index contributed by atoms with van der Waals surface area (Å²) in [5.41, 5.74) is 1.08. The Bertz CT molecular complexity index is 446. The Morgan fingerprint density at radius 3 is 2.57 bits per heavy atom. The van der Waals surface area contributed by atoms with E-state index in [1.54, 1.807) is 7.11 Å². The summed E-state index contributed by atoms with van der Waals surface area (Å²) in [7, 11) is 1.60. The van der Waals surface area contributed by atoms with Gasteiger partial charge in [-0.1, -0.05) is 12.1 Å². The van der Waals surface area contributed by atoms with Gasteiger partial charge in [0.05, 0.1) is 20.3 Å². The third-order valence-corrected chi connectivity index (χ3v) is 3.14. The van der Waals surface area contributed by atoms with E-state index in [2.05, 4.69) is 0 Å². The minimum Gasteiger partial charge on any atom is -0.497 e. The standard InChI is InChI=1S/C15H21NO5/c1-21-13-7-5-12(6-8-13)3-2-4-14(19)15(20)16(11-18)9-10-17/h5-8,11,14,17,19H,2-4,9-10H2,1H3. The van der Waals surface area contributed by atoms with Crippen molar-refractivity contribution in [3.8, 4) is 5.75 Å². The highest BCUT2D eigenvalue weighted by atomic mass is 16.5. The zero-order valence-corrected chi connectivity index (χ0v) is 12.1. The number of nitrogens with zero attached hydrogens (tertiary/aromatic N) is 1. The molecule has 0 bridgehead atoms. The Balaban J connectivity index is 2.39. The molecule has 0 aliphatic carbocycles. The van der Waals surface area contributed by atoms with E-state index in [9.17, 15) is 14.7 Å². The number of amides is 2. The van der Waals surface area contributed by atoms with Gasteiger partial charge in [-0.15, -0.1) is 0 Å². The van der Waals surface area contributed by atoms with Crippen molar-refractivity contribution in [2.45, 2.75) is 25.4 Å². The van der Waals surface area contributed by atoms with Crippen LogP contribution in [0, 0.1) is 0 Å². The number of hydrogen-bond acceptors (Lipinski definition) is 5. The Kier molecular flexibility index (Phi) is 7.42. The summed E-state index contributed by atoms with van der Waals surface area (Å²) in [5, 5.41) is 18.5. The van der Waals surface area contributed by atoms with E-state index >= 15 is 0 Å². The highest BCUT2D eigenvalue weighted by Gasteiger charge is 2.20. The summed E-state index contributed by atoms with van der Waals surface area (Å²) < 4.78 is 5.06. The van der Waals surface area contributed by atoms with E-state index in [0.29, 0.717) is 12.8 Å². The van der Waals surface area contributed by atoms with Gasteiger partial charge in [0.15, 0.2) is 0 Å². The Morgan fingerprint density at radius 2 is 2.05 bits per heavy atom. The predicted molar refractivity (Wildman–Crippen MR) is 76.8 cm³/mol. The molecule has 0 aromatic heterocycles. The minimum absolute atomic E-state index is 0.0993. The number of hydrogen-bond donors (Lipinski definition) is 2. The molecule has 1 aromatic carbocycles. The SMILES string of the molecule is COc1ccc(CCCC(O)C(=O)N(C=O)CCO)cc1. The lowest BCUT2D eigenvalue weighted by molar-refractivity contribution is -0.145. The van der Waals surface area contributed by atoms with Crippen LogP contribution >= 0.6 is 0 Å². The predicted octanol–water partition coefficient (Wildman–Crippen LogP) is 0.356. The number of aliphatic hydroxyl groups is 2. The lowest BCUT2D eigenvalue weighted by Gasteiger charge is -2.18. The number of ether oxygens (including phenoxy) is 1. The lowest BCUT2D eigenvalue weighted by Crippen LogP contribution is -2.39. The second-order valence-electron chi connectivity index (χ2n) is 4.62. The molecule has 0 radical (unpaired) electrons. The van der Waals surface area contributed by atoms with E-state index in [0.717, 1.165) is 22.6 Å². The molecule has 0 spiro atoms. The van der Waals surface area contributed by atoms with Crippen molar-refractivity contribution >= 4 is 12.3 Å². The fourth-order valence-electron chi connectivity index (χ4n) is 1.93. The Morgan fingerprint density at radius 1 is 1.38 bits per heavy atom. The maximum absolute atomic E-state index is 11.7. The Hall–Kier alpha value is -1.92. The van der Waals surface area contributed by atoms with Gasteiger partial charge >= 0.3 is 0 Å². The molecular weight excluding hydrogens is 274 g/mol. The molecule has 1 aromatic rings. The van der Waals surface area contributed by atoms with E-state index in [1.165, 1.54) is 0 Å². The monoisotopic (exact) mass is 295 g/mol. The third-order valence-electron chi connectivity index (χ3n) is 3.14. The van der Waals surface area contributed by atoms with Crippen molar-refractivity contribution in [3.05, 3.63) is 29.8 Å². The zero-order chi connectivity index (χ0) is 15.7. The second-order valence-corrected chi connectivity index (χ2v) is 4.62. The van der Waals surface area contributed by atoms with Crippen LogP contribution in [0.25, 0.3) is 0 Å². The van der Waals surface area contributed by atoms with E-state index in [4.69, 9.17) is 9.84 Å². The molecule has 21 heavy (non-hydrogen) atoms. The fraction of sp³-hybridized carbons (Fsp3) is 0.467. The average molecular weight is 295 g/mol. The van der Waals surface area contributed by atoms with Crippen LogP contribution in [0.5, 0.6) is 5.75 Å². The van der Waals surface area contributed by atoms with Gasteiger partial charge < -0.3 is 14.9 Å². The van der Waals surface area contributed by atoms with Crippen molar-refractivity contribution in [1.29, 1.82) is 0 Å². The summed E-state index contributed by atoms with van der Waals surface area (Å²) in [4.78, 5) is 23.2. The first-order valence-corrected chi connectivity index (χ1v) is 6.80. The van der Waals surface area contributed by atoms with Gasteiger partial charge in [0.1, 0.15) is 11.9 Å². The van der Waals surface area contributed by atoms with Crippen LogP contribution in [-0.4, -0.2) is 53.8 Å². The number of carbonyl (C=O) groups is 2. The topological polar surface area (TPSA) is 87.1 Å². The van der Waals surface area contributed by atoms with Gasteiger partial charge in [-0.25, -0.2) is 0 Å². The molecule has 0 aliphatic rings. The molecule has 0 heterocycles. The van der Waals surface area contributed by atoms with Gasteiger partial charge in [0.2, 0.25) is 6.41 Å². The summed E-state index contributed by atoms with van der Waals surface area (Å²) in [6, 6.07) is 7.56. The van der Waals surface area contributed by atoms with E-state index < -0.39 is 12.0 Å². The minimum atomic E-state index is -1.22. The van der Waals surface area contributed by atoms with Gasteiger partial charge in [-0.2, -0.15) is 0 Å². The van der Waals surface area contributed by atoms with E-state index in [-0.39, 0.29) is 19.6 Å². The highest BCUT2D eigenvalue weighted by molar-refractivity contribution is 5.89. The molecule has 0 saturated carbocycles. The lowest BCUT2D eigenvalue weighted by atomic mass is 10.1. The van der Waals surface area contributed by atoms with Crippen LogP contribution in [0.1, 0.15) is 18.4 Å². The number of carbonyl (C=O) groups excluding carboxylic acids is 2. The molecule has 2 N–H and O–H groups in total. The number of methoxy groups -OCH3 is 1. The van der Waals surface area contributed by atoms with Gasteiger partial charge in [-0.3, -0.25) is 14.5 Å². The number of aliphatic hydroxyl groups excluding tert-OH is 2. The van der Waals surface area contributed by atoms with E-state index in [1.807, 2.05) is 24.3 Å². The molecular formula is C15H21NO5. The van der Waals surface area contributed by atoms with Crippen LogP contribution in [0.4, 0.5) is 0 Å². The second kappa shape index (κ2) is 9.10.